The van der Waals surface area contributed by atoms with Crippen molar-refractivity contribution in [3.63, 3.8) is 0 Å². The van der Waals surface area contributed by atoms with E-state index < -0.39 is 5.97 Å². The van der Waals surface area contributed by atoms with Crippen molar-refractivity contribution in [1.29, 1.82) is 0 Å². The van der Waals surface area contributed by atoms with Crippen LogP contribution in [0.15, 0.2) is 18.3 Å². The summed E-state index contributed by atoms with van der Waals surface area (Å²) >= 11 is 1.74. The molecule has 0 unspecified atom stereocenters. The van der Waals surface area contributed by atoms with Gasteiger partial charge in [0.15, 0.2) is 0 Å². The monoisotopic (exact) mass is 225 g/mol. The van der Waals surface area contributed by atoms with E-state index in [9.17, 15) is 4.79 Å². The lowest BCUT2D eigenvalue weighted by molar-refractivity contribution is -0.136. The molecule has 1 N–H and O–H groups in total. The molecule has 3 nitrogen and oxygen atoms in total. The molecular formula is C11H15NO2S. The average molecular weight is 225 g/mol. The van der Waals surface area contributed by atoms with E-state index in [1.807, 2.05) is 12.3 Å². The van der Waals surface area contributed by atoms with Crippen molar-refractivity contribution in [3.8, 4) is 0 Å². The second-order valence-electron chi connectivity index (χ2n) is 3.18. The highest BCUT2D eigenvalue weighted by molar-refractivity contribution is 7.11. The topological polar surface area (TPSA) is 50.2 Å². The zero-order chi connectivity index (χ0) is 11.1. The number of rotatable bonds is 6. The van der Waals surface area contributed by atoms with Gasteiger partial charge in [0.1, 0.15) is 0 Å². The molecular weight excluding hydrogens is 210 g/mol. The fourth-order valence-electron chi connectivity index (χ4n) is 1.15. The Kier molecular flexibility index (Phi) is 5.04. The predicted octanol–water partition coefficient (Wildman–Crippen LogP) is 2.67. The summed E-state index contributed by atoms with van der Waals surface area (Å²) in [6.45, 7) is 2.09. The molecule has 82 valence electrons. The maximum Gasteiger partial charge on any atom is 0.307 e. The van der Waals surface area contributed by atoms with Gasteiger partial charge in [0.25, 0.3) is 0 Å². The number of nitrogens with zero attached hydrogens (tertiary/aromatic N) is 1. The molecule has 1 rings (SSSR count). The molecule has 1 aromatic rings. The summed E-state index contributed by atoms with van der Waals surface area (Å²) in [6.07, 6.45) is 8.47. The first-order chi connectivity index (χ1) is 7.22. The third kappa shape index (κ3) is 4.74. The Hall–Kier alpha value is -1.16. The van der Waals surface area contributed by atoms with Gasteiger partial charge in [-0.1, -0.05) is 19.1 Å². The Labute approximate surface area is 93.5 Å². The molecule has 0 saturated carbocycles. The van der Waals surface area contributed by atoms with E-state index in [2.05, 4.69) is 11.9 Å². The van der Waals surface area contributed by atoms with E-state index in [1.54, 1.807) is 17.4 Å². The number of hydrogen-bond acceptors (Lipinski definition) is 3. The van der Waals surface area contributed by atoms with E-state index in [4.69, 9.17) is 5.11 Å². The number of thiazole rings is 1. The molecule has 0 aliphatic carbocycles. The van der Waals surface area contributed by atoms with Crippen molar-refractivity contribution in [3.05, 3.63) is 28.2 Å². The summed E-state index contributed by atoms with van der Waals surface area (Å²) in [5.41, 5.74) is 0. The Balaban J connectivity index is 2.25. The van der Waals surface area contributed by atoms with E-state index in [0.29, 0.717) is 0 Å². The van der Waals surface area contributed by atoms with E-state index in [-0.39, 0.29) is 6.42 Å². The Bertz CT molecular complexity index is 344. The lowest BCUT2D eigenvalue weighted by atomic mass is 10.2. The van der Waals surface area contributed by atoms with Gasteiger partial charge in [-0.05, 0) is 19.3 Å². The Morgan fingerprint density at radius 2 is 2.40 bits per heavy atom. The van der Waals surface area contributed by atoms with Gasteiger partial charge in [-0.25, -0.2) is 4.98 Å². The fourth-order valence-corrected chi connectivity index (χ4v) is 2.03. The van der Waals surface area contributed by atoms with Crippen LogP contribution < -0.4 is 0 Å². The Morgan fingerprint density at radius 1 is 1.60 bits per heavy atom. The number of carboxylic acids is 1. The molecule has 1 aromatic heterocycles. The second kappa shape index (κ2) is 6.35. The third-order valence-corrected chi connectivity index (χ3v) is 3.12. The zero-order valence-electron chi connectivity index (χ0n) is 8.77. The summed E-state index contributed by atoms with van der Waals surface area (Å²) in [6, 6.07) is 0. The maximum atomic E-state index is 10.2. The first-order valence-electron chi connectivity index (χ1n) is 5.02. The van der Waals surface area contributed by atoms with Crippen LogP contribution >= 0.6 is 11.3 Å². The van der Waals surface area contributed by atoms with Crippen molar-refractivity contribution in [1.82, 2.24) is 4.98 Å². The zero-order valence-corrected chi connectivity index (χ0v) is 9.59. The molecule has 0 aliphatic rings. The minimum atomic E-state index is -0.780. The second-order valence-corrected chi connectivity index (χ2v) is 4.38. The standard InChI is InChI=1S/C11H15NO2S/c1-2-10-12-8-9(15-10)6-4-3-5-7-11(13)14/h3,5,8H,2,4,6-7H2,1H3,(H,13,14)/b5-3+. The molecule has 0 bridgehead atoms. The van der Waals surface area contributed by atoms with Crippen molar-refractivity contribution < 1.29 is 9.90 Å². The van der Waals surface area contributed by atoms with Crippen molar-refractivity contribution in [2.45, 2.75) is 32.6 Å². The van der Waals surface area contributed by atoms with Crippen LogP contribution in [0.2, 0.25) is 0 Å². The minimum absolute atomic E-state index is 0.114. The molecule has 15 heavy (non-hydrogen) atoms. The van der Waals surface area contributed by atoms with Gasteiger partial charge >= 0.3 is 5.97 Å². The molecule has 0 saturated heterocycles. The molecule has 0 aliphatic heterocycles. The van der Waals surface area contributed by atoms with E-state index >= 15 is 0 Å². The maximum absolute atomic E-state index is 10.2. The smallest absolute Gasteiger partial charge is 0.307 e. The van der Waals surface area contributed by atoms with Crippen LogP contribution in [-0.4, -0.2) is 16.1 Å². The van der Waals surface area contributed by atoms with Crippen molar-refractivity contribution in [2.24, 2.45) is 0 Å². The van der Waals surface area contributed by atoms with Crippen LogP contribution in [0.25, 0.3) is 0 Å². The molecule has 1 heterocycles. The highest BCUT2D eigenvalue weighted by atomic mass is 32.1. The van der Waals surface area contributed by atoms with Gasteiger partial charge < -0.3 is 5.11 Å². The van der Waals surface area contributed by atoms with Crippen LogP contribution in [0.4, 0.5) is 0 Å². The van der Waals surface area contributed by atoms with Crippen LogP contribution in [0.1, 0.15) is 29.7 Å². The summed E-state index contributed by atoms with van der Waals surface area (Å²) in [7, 11) is 0. The lowest BCUT2D eigenvalue weighted by Gasteiger charge is -1.90. The van der Waals surface area contributed by atoms with Gasteiger partial charge in [-0.15, -0.1) is 11.3 Å². The van der Waals surface area contributed by atoms with Crippen LogP contribution in [-0.2, 0) is 17.6 Å². The number of carbonyl (C=O) groups is 1. The summed E-state index contributed by atoms with van der Waals surface area (Å²) in [5, 5.41) is 9.57. The number of carboxylic acid groups (broad SMARTS) is 1. The van der Waals surface area contributed by atoms with Crippen LogP contribution in [0, 0.1) is 0 Å². The molecule has 4 heteroatoms. The molecule has 0 amide bonds. The van der Waals surface area contributed by atoms with Gasteiger partial charge in [0.2, 0.25) is 0 Å². The number of aromatic nitrogens is 1. The van der Waals surface area contributed by atoms with E-state index in [0.717, 1.165) is 19.3 Å². The summed E-state index contributed by atoms with van der Waals surface area (Å²) in [5.74, 6) is -0.780. The molecule has 0 atom stereocenters. The average Bonchev–Trinajstić information content (AvgIpc) is 2.65. The molecule has 0 fully saturated rings. The van der Waals surface area contributed by atoms with Gasteiger partial charge in [0.05, 0.1) is 11.4 Å². The van der Waals surface area contributed by atoms with Crippen molar-refractivity contribution >= 4 is 17.3 Å². The number of aliphatic carboxylic acids is 1. The third-order valence-electron chi connectivity index (χ3n) is 1.92. The normalized spacial score (nSPS) is 11.0. The van der Waals surface area contributed by atoms with Crippen LogP contribution in [0.3, 0.4) is 0 Å². The summed E-state index contributed by atoms with van der Waals surface area (Å²) < 4.78 is 0. The number of allylic oxidation sites excluding steroid dienone is 1. The lowest BCUT2D eigenvalue weighted by Crippen LogP contribution is -1.89. The van der Waals surface area contributed by atoms with E-state index in [1.165, 1.54) is 9.88 Å². The largest absolute Gasteiger partial charge is 0.481 e. The highest BCUT2D eigenvalue weighted by Gasteiger charge is 1.98. The van der Waals surface area contributed by atoms with Gasteiger partial charge in [0, 0.05) is 11.1 Å². The number of aryl methyl sites for hydroxylation is 2. The van der Waals surface area contributed by atoms with Gasteiger partial charge in [-0.3, -0.25) is 4.79 Å². The highest BCUT2D eigenvalue weighted by Crippen LogP contribution is 2.15. The summed E-state index contributed by atoms with van der Waals surface area (Å²) in [4.78, 5) is 15.7. The first kappa shape index (κ1) is 11.9. The van der Waals surface area contributed by atoms with Crippen LogP contribution in [0.5, 0.6) is 0 Å². The molecule has 0 radical (unpaired) electrons. The van der Waals surface area contributed by atoms with Crippen molar-refractivity contribution in [2.75, 3.05) is 0 Å². The quantitative estimate of drug-likeness (QED) is 0.757. The minimum Gasteiger partial charge on any atom is -0.481 e. The fraction of sp³-hybridized carbons (Fsp3) is 0.455. The molecule has 0 aromatic carbocycles. The predicted molar refractivity (Wildman–Crippen MR) is 61.2 cm³/mol. The number of hydrogen-bond donors (Lipinski definition) is 1. The Morgan fingerprint density at radius 3 is 3.00 bits per heavy atom. The van der Waals surface area contributed by atoms with Gasteiger partial charge in [-0.2, -0.15) is 0 Å². The first-order valence-corrected chi connectivity index (χ1v) is 5.84. The SMILES string of the molecule is CCc1ncc(CC/C=C/CC(=O)O)s1. The molecule has 0 spiro atoms.